The quantitative estimate of drug-likeness (QED) is 0.640. The molecule has 0 spiro atoms. The maximum Gasteiger partial charge on any atom is 0.234 e. The molecule has 0 aliphatic heterocycles. The number of nitrogens with one attached hydrogen (secondary N) is 1. The van der Waals surface area contributed by atoms with Gasteiger partial charge in [0.1, 0.15) is 0 Å². The molecule has 0 radical (unpaired) electrons. The lowest BCUT2D eigenvalue weighted by Gasteiger charge is -2.23. The van der Waals surface area contributed by atoms with E-state index in [9.17, 15) is 4.79 Å². The first-order valence-corrected chi connectivity index (χ1v) is 6.81. The Kier molecular flexibility index (Phi) is 5.33. The second kappa shape index (κ2) is 6.56. The minimum atomic E-state index is -0.735. The highest BCUT2D eigenvalue weighted by Gasteiger charge is 2.29. The van der Waals surface area contributed by atoms with E-state index in [0.717, 1.165) is 0 Å². The Morgan fingerprint density at radius 3 is 2.75 bits per heavy atom. The van der Waals surface area contributed by atoms with Crippen LogP contribution in [0.1, 0.15) is 13.8 Å². The number of hydrogen-bond acceptors (Lipinski definition) is 3. The van der Waals surface area contributed by atoms with E-state index in [4.69, 9.17) is 5.73 Å². The maximum atomic E-state index is 12.3. The summed E-state index contributed by atoms with van der Waals surface area (Å²) in [5.74, 6) is -0.143. The minimum Gasteiger partial charge on any atom is -0.393 e. The molecule has 0 fully saturated rings. The second-order valence-electron chi connectivity index (χ2n) is 4.92. The number of anilines is 1. The SMILES string of the molecule is C=C(/C=C\C=C(/N)Br)C(C)(C)C(=O)Nc1cnn(C)c1. The third-order valence-corrected chi connectivity index (χ3v) is 3.15. The molecule has 0 saturated heterocycles. The van der Waals surface area contributed by atoms with Gasteiger partial charge < -0.3 is 11.1 Å². The zero-order valence-corrected chi connectivity index (χ0v) is 13.4. The fraction of sp³-hybridized carbons (Fsp3) is 0.286. The van der Waals surface area contributed by atoms with Crippen molar-refractivity contribution in [2.45, 2.75) is 13.8 Å². The van der Waals surface area contributed by atoms with E-state index in [1.54, 1.807) is 42.4 Å². The summed E-state index contributed by atoms with van der Waals surface area (Å²) in [5.41, 5.74) is 6.07. The maximum absolute atomic E-state index is 12.3. The molecule has 0 saturated carbocycles. The van der Waals surface area contributed by atoms with Gasteiger partial charge in [-0.2, -0.15) is 5.10 Å². The summed E-state index contributed by atoms with van der Waals surface area (Å²) in [6, 6.07) is 0. The Morgan fingerprint density at radius 2 is 2.25 bits per heavy atom. The van der Waals surface area contributed by atoms with Crippen molar-refractivity contribution in [3.63, 3.8) is 0 Å². The summed E-state index contributed by atoms with van der Waals surface area (Å²) in [4.78, 5) is 12.3. The third-order valence-electron chi connectivity index (χ3n) is 2.89. The van der Waals surface area contributed by atoms with Gasteiger partial charge in [-0.3, -0.25) is 9.48 Å². The van der Waals surface area contributed by atoms with Gasteiger partial charge in [0, 0.05) is 13.2 Å². The summed E-state index contributed by atoms with van der Waals surface area (Å²) in [6.07, 6.45) is 8.52. The molecule has 0 unspecified atom stereocenters. The van der Waals surface area contributed by atoms with Crippen LogP contribution in [0.2, 0.25) is 0 Å². The number of rotatable bonds is 5. The zero-order chi connectivity index (χ0) is 15.3. The predicted molar refractivity (Wildman–Crippen MR) is 85.1 cm³/mol. The topological polar surface area (TPSA) is 72.9 Å². The Morgan fingerprint density at radius 1 is 1.60 bits per heavy atom. The van der Waals surface area contributed by atoms with Crippen LogP contribution in [0.5, 0.6) is 0 Å². The summed E-state index contributed by atoms with van der Waals surface area (Å²) in [7, 11) is 1.79. The largest absolute Gasteiger partial charge is 0.393 e. The van der Waals surface area contributed by atoms with Gasteiger partial charge in [0.05, 0.1) is 21.9 Å². The highest BCUT2D eigenvalue weighted by atomic mass is 79.9. The number of aryl methyl sites for hydroxylation is 1. The van der Waals surface area contributed by atoms with Crippen molar-refractivity contribution in [3.8, 4) is 0 Å². The van der Waals surface area contributed by atoms with E-state index in [0.29, 0.717) is 15.9 Å². The van der Waals surface area contributed by atoms with E-state index in [2.05, 4.69) is 32.9 Å². The monoisotopic (exact) mass is 338 g/mol. The van der Waals surface area contributed by atoms with E-state index in [-0.39, 0.29) is 5.91 Å². The first kappa shape index (κ1) is 16.2. The van der Waals surface area contributed by atoms with Crippen LogP contribution in [0, 0.1) is 5.41 Å². The van der Waals surface area contributed by atoms with Crippen molar-refractivity contribution < 1.29 is 4.79 Å². The van der Waals surface area contributed by atoms with Crippen LogP contribution in [0.3, 0.4) is 0 Å². The Bertz CT molecular complexity index is 565. The number of hydrogen-bond donors (Lipinski definition) is 2. The molecular formula is C14H19BrN4O. The molecule has 0 aliphatic rings. The van der Waals surface area contributed by atoms with Crippen LogP contribution in [-0.4, -0.2) is 15.7 Å². The van der Waals surface area contributed by atoms with Crippen molar-refractivity contribution in [1.29, 1.82) is 0 Å². The van der Waals surface area contributed by atoms with Crippen LogP contribution in [0.4, 0.5) is 5.69 Å². The summed E-state index contributed by atoms with van der Waals surface area (Å²) >= 11 is 3.12. The lowest BCUT2D eigenvalue weighted by molar-refractivity contribution is -0.122. The number of nitrogens with two attached hydrogens (primary N) is 1. The number of allylic oxidation sites excluding steroid dienone is 3. The van der Waals surface area contributed by atoms with Crippen molar-refractivity contribution in [3.05, 3.63) is 47.4 Å². The van der Waals surface area contributed by atoms with Gasteiger partial charge in [-0.15, -0.1) is 0 Å². The molecule has 1 aromatic heterocycles. The second-order valence-corrected chi connectivity index (χ2v) is 5.83. The molecule has 0 bridgehead atoms. The van der Waals surface area contributed by atoms with E-state index in [1.165, 1.54) is 0 Å². The molecular weight excluding hydrogens is 320 g/mol. The molecule has 1 rings (SSSR count). The van der Waals surface area contributed by atoms with Crippen LogP contribution in [0.25, 0.3) is 0 Å². The van der Waals surface area contributed by atoms with E-state index >= 15 is 0 Å². The van der Waals surface area contributed by atoms with Gasteiger partial charge in [0.25, 0.3) is 0 Å². The molecule has 1 amide bonds. The van der Waals surface area contributed by atoms with Crippen LogP contribution < -0.4 is 11.1 Å². The molecule has 1 aromatic rings. The number of carbonyl (C=O) groups is 1. The van der Waals surface area contributed by atoms with Crippen molar-refractivity contribution in [1.82, 2.24) is 9.78 Å². The lowest BCUT2D eigenvalue weighted by atomic mass is 9.83. The normalized spacial score (nSPS) is 12.7. The average Bonchev–Trinajstić information content (AvgIpc) is 2.73. The fourth-order valence-corrected chi connectivity index (χ4v) is 1.54. The van der Waals surface area contributed by atoms with Crippen molar-refractivity contribution in [2.24, 2.45) is 18.2 Å². The molecule has 0 aliphatic carbocycles. The number of nitrogens with zero attached hydrogens (tertiary/aromatic N) is 2. The molecule has 0 aromatic carbocycles. The van der Waals surface area contributed by atoms with Gasteiger partial charge >= 0.3 is 0 Å². The molecule has 20 heavy (non-hydrogen) atoms. The van der Waals surface area contributed by atoms with Crippen LogP contribution >= 0.6 is 15.9 Å². The number of carbonyl (C=O) groups excluding carboxylic acids is 1. The van der Waals surface area contributed by atoms with Crippen molar-refractivity contribution in [2.75, 3.05) is 5.32 Å². The van der Waals surface area contributed by atoms with E-state index < -0.39 is 5.41 Å². The first-order valence-electron chi connectivity index (χ1n) is 6.02. The molecule has 0 atom stereocenters. The highest BCUT2D eigenvalue weighted by Crippen LogP contribution is 2.27. The molecule has 5 nitrogen and oxygen atoms in total. The number of aromatic nitrogens is 2. The van der Waals surface area contributed by atoms with Crippen molar-refractivity contribution >= 4 is 27.5 Å². The molecule has 6 heteroatoms. The van der Waals surface area contributed by atoms with Gasteiger partial charge in [-0.05, 0) is 41.4 Å². The predicted octanol–water partition coefficient (Wildman–Crippen LogP) is 2.69. The summed E-state index contributed by atoms with van der Waals surface area (Å²) in [6.45, 7) is 7.56. The minimum absolute atomic E-state index is 0.143. The summed E-state index contributed by atoms with van der Waals surface area (Å²) < 4.78 is 2.14. The Balaban J connectivity index is 2.76. The summed E-state index contributed by atoms with van der Waals surface area (Å²) in [5, 5.41) is 6.82. The smallest absolute Gasteiger partial charge is 0.234 e. The number of amides is 1. The molecule has 108 valence electrons. The highest BCUT2D eigenvalue weighted by molar-refractivity contribution is 9.11. The average molecular weight is 339 g/mol. The molecule has 3 N–H and O–H groups in total. The third kappa shape index (κ3) is 4.38. The fourth-order valence-electron chi connectivity index (χ4n) is 1.38. The van der Waals surface area contributed by atoms with Gasteiger partial charge in [0.15, 0.2) is 0 Å². The number of halogens is 1. The first-order chi connectivity index (χ1) is 9.23. The van der Waals surface area contributed by atoms with Gasteiger partial charge in [0.2, 0.25) is 5.91 Å². The van der Waals surface area contributed by atoms with Gasteiger partial charge in [-0.25, -0.2) is 0 Å². The Labute approximate surface area is 127 Å². The standard InChI is InChI=1S/C14H19BrN4O/c1-10(6-5-7-12(15)16)14(2,3)13(20)18-11-8-17-19(4)9-11/h5-9H,1,16H2,2-4H3,(H,18,20)/b6-5-,12-7-. The van der Waals surface area contributed by atoms with E-state index in [1.807, 2.05) is 13.8 Å². The van der Waals surface area contributed by atoms with Crippen LogP contribution in [0.15, 0.2) is 47.4 Å². The zero-order valence-electron chi connectivity index (χ0n) is 11.9. The van der Waals surface area contributed by atoms with Gasteiger partial charge in [-0.1, -0.05) is 18.7 Å². The molecule has 1 heterocycles. The Hall–Kier alpha value is -1.82. The lowest BCUT2D eigenvalue weighted by Crippen LogP contribution is -2.31. The van der Waals surface area contributed by atoms with Crippen LogP contribution in [-0.2, 0) is 11.8 Å².